The highest BCUT2D eigenvalue weighted by Crippen LogP contribution is 2.25. The first kappa shape index (κ1) is 15.4. The van der Waals surface area contributed by atoms with Gasteiger partial charge < -0.3 is 9.84 Å². The summed E-state index contributed by atoms with van der Waals surface area (Å²) in [4.78, 5) is 16.4. The van der Waals surface area contributed by atoms with E-state index in [-0.39, 0.29) is 18.4 Å². The van der Waals surface area contributed by atoms with E-state index in [4.69, 9.17) is 4.52 Å². The third-order valence-corrected chi connectivity index (χ3v) is 4.41. The van der Waals surface area contributed by atoms with E-state index in [0.29, 0.717) is 11.7 Å². The molecule has 0 bridgehead atoms. The molecule has 0 aliphatic carbocycles. The Bertz CT molecular complexity index is 795. The number of rotatable bonds is 5. The molecular formula is C17H17N3O2S. The minimum absolute atomic E-state index is 0.0609. The fourth-order valence-electron chi connectivity index (χ4n) is 2.28. The molecule has 1 N–H and O–H groups in total. The zero-order valence-corrected chi connectivity index (χ0v) is 13.8. The van der Waals surface area contributed by atoms with E-state index in [2.05, 4.69) is 15.5 Å². The second-order valence-corrected chi connectivity index (χ2v) is 6.10. The highest BCUT2D eigenvalue weighted by atomic mass is 32.1. The monoisotopic (exact) mass is 327 g/mol. The van der Waals surface area contributed by atoms with Crippen molar-refractivity contribution in [2.45, 2.75) is 26.3 Å². The number of amides is 1. The summed E-state index contributed by atoms with van der Waals surface area (Å²) in [6.07, 6.45) is 0.101. The van der Waals surface area contributed by atoms with Gasteiger partial charge in [0.1, 0.15) is 0 Å². The summed E-state index contributed by atoms with van der Waals surface area (Å²) in [5.41, 5.74) is 3.07. The smallest absolute Gasteiger partial charge is 0.259 e. The van der Waals surface area contributed by atoms with E-state index in [1.54, 1.807) is 11.3 Å². The van der Waals surface area contributed by atoms with E-state index in [1.807, 2.05) is 54.9 Å². The van der Waals surface area contributed by atoms with Crippen LogP contribution in [0, 0.1) is 6.92 Å². The van der Waals surface area contributed by atoms with Crippen molar-refractivity contribution in [1.82, 2.24) is 15.5 Å². The second kappa shape index (κ2) is 6.75. The van der Waals surface area contributed by atoms with Gasteiger partial charge in [-0.2, -0.15) is 16.3 Å². The summed E-state index contributed by atoms with van der Waals surface area (Å²) in [6, 6.07) is 9.76. The van der Waals surface area contributed by atoms with Crippen LogP contribution in [0.25, 0.3) is 11.5 Å². The van der Waals surface area contributed by atoms with Crippen molar-refractivity contribution < 1.29 is 9.32 Å². The summed E-state index contributed by atoms with van der Waals surface area (Å²) >= 11 is 1.58. The van der Waals surface area contributed by atoms with Crippen molar-refractivity contribution in [1.29, 1.82) is 0 Å². The Hall–Kier alpha value is -2.47. The number of aromatic nitrogens is 2. The zero-order chi connectivity index (χ0) is 16.2. The first-order chi connectivity index (χ1) is 11.1. The van der Waals surface area contributed by atoms with Crippen molar-refractivity contribution in [3.05, 3.63) is 58.0 Å². The van der Waals surface area contributed by atoms with E-state index < -0.39 is 0 Å². The number of benzene rings is 1. The predicted molar refractivity (Wildman–Crippen MR) is 89.1 cm³/mol. The number of carbonyl (C=O) groups is 1. The Morgan fingerprint density at radius 1 is 1.30 bits per heavy atom. The minimum atomic E-state index is -0.129. The van der Waals surface area contributed by atoms with Gasteiger partial charge in [-0.25, -0.2) is 0 Å². The van der Waals surface area contributed by atoms with E-state index in [1.165, 1.54) is 0 Å². The van der Waals surface area contributed by atoms with Gasteiger partial charge in [0, 0.05) is 5.38 Å². The Kier molecular flexibility index (Phi) is 4.52. The molecule has 2 aromatic heterocycles. The molecule has 5 nitrogen and oxygen atoms in total. The number of carbonyl (C=O) groups excluding carboxylic acids is 1. The van der Waals surface area contributed by atoms with Crippen molar-refractivity contribution in [2.75, 3.05) is 0 Å². The van der Waals surface area contributed by atoms with Crippen LogP contribution in [0.3, 0.4) is 0 Å². The van der Waals surface area contributed by atoms with Gasteiger partial charge >= 0.3 is 0 Å². The summed E-state index contributed by atoms with van der Waals surface area (Å²) in [6.45, 7) is 3.94. The maximum absolute atomic E-state index is 12.1. The summed E-state index contributed by atoms with van der Waals surface area (Å²) in [5.74, 6) is 0.724. The van der Waals surface area contributed by atoms with Crippen LogP contribution in [0.2, 0.25) is 0 Å². The van der Waals surface area contributed by atoms with Crippen LogP contribution in [0.1, 0.15) is 29.9 Å². The first-order valence-electron chi connectivity index (χ1n) is 7.33. The Labute approximate surface area is 138 Å². The fourth-order valence-corrected chi connectivity index (χ4v) is 3.10. The average Bonchev–Trinajstić information content (AvgIpc) is 3.16. The molecule has 3 aromatic rings. The lowest BCUT2D eigenvalue weighted by atomic mass is 10.1. The van der Waals surface area contributed by atoms with Gasteiger partial charge in [-0.15, -0.1) is 0 Å². The highest BCUT2D eigenvalue weighted by Gasteiger charge is 2.16. The average molecular weight is 327 g/mol. The molecule has 3 rings (SSSR count). The van der Waals surface area contributed by atoms with Crippen molar-refractivity contribution in [3.63, 3.8) is 0 Å². The van der Waals surface area contributed by atoms with Crippen LogP contribution in [-0.2, 0) is 11.2 Å². The predicted octanol–water partition coefficient (Wildman–Crippen LogP) is 3.53. The van der Waals surface area contributed by atoms with E-state index in [9.17, 15) is 4.79 Å². The number of hydrogen-bond acceptors (Lipinski definition) is 5. The van der Waals surface area contributed by atoms with Gasteiger partial charge in [-0.3, -0.25) is 4.79 Å². The quantitative estimate of drug-likeness (QED) is 0.778. The fraction of sp³-hybridized carbons (Fsp3) is 0.235. The third kappa shape index (κ3) is 3.65. The third-order valence-electron chi connectivity index (χ3n) is 3.55. The normalized spacial score (nSPS) is 12.1. The molecule has 1 atom stereocenters. The highest BCUT2D eigenvalue weighted by molar-refractivity contribution is 7.08. The van der Waals surface area contributed by atoms with Crippen LogP contribution in [0.5, 0.6) is 0 Å². The van der Waals surface area contributed by atoms with Crippen LogP contribution in [-0.4, -0.2) is 16.0 Å². The van der Waals surface area contributed by atoms with Crippen LogP contribution >= 0.6 is 11.3 Å². The molecule has 0 spiro atoms. The second-order valence-electron chi connectivity index (χ2n) is 5.36. The molecule has 1 amide bonds. The Morgan fingerprint density at radius 2 is 2.09 bits per heavy atom. The first-order valence-corrected chi connectivity index (χ1v) is 8.28. The topological polar surface area (TPSA) is 68.0 Å². The number of hydrogen-bond donors (Lipinski definition) is 1. The molecule has 1 aromatic carbocycles. The summed E-state index contributed by atoms with van der Waals surface area (Å²) < 4.78 is 5.25. The van der Waals surface area contributed by atoms with Gasteiger partial charge in [-0.05, 0) is 30.4 Å². The summed E-state index contributed by atoms with van der Waals surface area (Å²) in [7, 11) is 0. The van der Waals surface area contributed by atoms with Gasteiger partial charge in [0.25, 0.3) is 5.89 Å². The molecule has 0 unspecified atom stereocenters. The van der Waals surface area contributed by atoms with E-state index in [0.717, 1.165) is 16.7 Å². The van der Waals surface area contributed by atoms with Crippen molar-refractivity contribution in [2.24, 2.45) is 0 Å². The molecule has 0 saturated heterocycles. The summed E-state index contributed by atoms with van der Waals surface area (Å²) in [5, 5.41) is 10.8. The number of aryl methyl sites for hydroxylation is 1. The van der Waals surface area contributed by atoms with Crippen LogP contribution in [0.4, 0.5) is 0 Å². The molecule has 2 heterocycles. The molecular weight excluding hydrogens is 310 g/mol. The van der Waals surface area contributed by atoms with Gasteiger partial charge in [0.05, 0.1) is 18.0 Å². The maximum atomic E-state index is 12.1. The van der Waals surface area contributed by atoms with Crippen LogP contribution in [0.15, 0.2) is 45.6 Å². The Morgan fingerprint density at radius 3 is 2.78 bits per heavy atom. The van der Waals surface area contributed by atoms with Gasteiger partial charge in [0.15, 0.2) is 5.82 Å². The lowest BCUT2D eigenvalue weighted by Crippen LogP contribution is -2.28. The van der Waals surface area contributed by atoms with Crippen molar-refractivity contribution in [3.8, 4) is 11.5 Å². The lowest BCUT2D eigenvalue weighted by Gasteiger charge is -2.13. The number of thiophene rings is 1. The van der Waals surface area contributed by atoms with Crippen LogP contribution < -0.4 is 5.32 Å². The minimum Gasteiger partial charge on any atom is -0.349 e. The molecule has 0 aliphatic rings. The largest absolute Gasteiger partial charge is 0.349 e. The molecule has 0 fully saturated rings. The molecule has 0 radical (unpaired) electrons. The number of nitrogens with one attached hydrogen (secondary N) is 1. The van der Waals surface area contributed by atoms with Gasteiger partial charge in [-0.1, -0.05) is 35.5 Å². The van der Waals surface area contributed by atoms with E-state index >= 15 is 0 Å². The standard InChI is InChI=1S/C17H17N3O2S/c1-11-9-23-10-14(11)17-19-15(20-22-17)8-16(21)18-12(2)13-6-4-3-5-7-13/h3-7,9-10,12H,8H2,1-2H3,(H,18,21)/t12-/m0/s1. The molecule has 6 heteroatoms. The van der Waals surface area contributed by atoms with Gasteiger partial charge in [0.2, 0.25) is 5.91 Å². The number of nitrogens with zero attached hydrogens (tertiary/aromatic N) is 2. The zero-order valence-electron chi connectivity index (χ0n) is 12.9. The molecule has 118 valence electrons. The molecule has 23 heavy (non-hydrogen) atoms. The van der Waals surface area contributed by atoms with Crippen molar-refractivity contribution >= 4 is 17.2 Å². The Balaban J connectivity index is 1.63. The lowest BCUT2D eigenvalue weighted by molar-refractivity contribution is -0.121. The molecule has 0 aliphatic heterocycles. The maximum Gasteiger partial charge on any atom is 0.259 e. The SMILES string of the molecule is Cc1cscc1-c1nc(CC(=O)N[C@@H](C)c2ccccc2)no1. The molecule has 0 saturated carbocycles.